The highest BCUT2D eigenvalue weighted by molar-refractivity contribution is 5.44. The van der Waals surface area contributed by atoms with E-state index in [9.17, 15) is 8.78 Å². The number of rotatable bonds is 5. The molecule has 5 nitrogen and oxygen atoms in total. The first-order valence-corrected chi connectivity index (χ1v) is 5.62. The standard InChI is InChI=1S/C11H13F2N5/c1-2-10-17-16-7-18(10)4-3-15-11-8(12)5-14-6-9(11)13/h5-7H,2-4H2,1H3,(H,14,15). The van der Waals surface area contributed by atoms with Gasteiger partial charge >= 0.3 is 0 Å². The number of halogens is 2. The van der Waals surface area contributed by atoms with Gasteiger partial charge in [0.25, 0.3) is 0 Å². The van der Waals surface area contributed by atoms with Crippen LogP contribution in [0.3, 0.4) is 0 Å². The quantitative estimate of drug-likeness (QED) is 0.879. The highest BCUT2D eigenvalue weighted by Crippen LogP contribution is 2.16. The van der Waals surface area contributed by atoms with Crippen LogP contribution in [0, 0.1) is 11.6 Å². The largest absolute Gasteiger partial charge is 0.378 e. The van der Waals surface area contributed by atoms with Gasteiger partial charge in [-0.3, -0.25) is 4.98 Å². The van der Waals surface area contributed by atoms with Crippen molar-refractivity contribution in [3.63, 3.8) is 0 Å². The predicted octanol–water partition coefficient (Wildman–Crippen LogP) is 1.63. The molecule has 0 fully saturated rings. The first-order valence-electron chi connectivity index (χ1n) is 5.62. The Kier molecular flexibility index (Phi) is 3.81. The lowest BCUT2D eigenvalue weighted by molar-refractivity contribution is 0.575. The van der Waals surface area contributed by atoms with Gasteiger partial charge in [0, 0.05) is 19.5 Å². The summed E-state index contributed by atoms with van der Waals surface area (Å²) in [6.07, 6.45) is 4.31. The number of hydrogen-bond acceptors (Lipinski definition) is 4. The summed E-state index contributed by atoms with van der Waals surface area (Å²) in [5.74, 6) is -0.559. The zero-order chi connectivity index (χ0) is 13.0. The lowest BCUT2D eigenvalue weighted by atomic mass is 10.3. The molecular formula is C11H13F2N5. The summed E-state index contributed by atoms with van der Waals surface area (Å²) in [6.45, 7) is 2.89. The molecule has 0 saturated carbocycles. The van der Waals surface area contributed by atoms with Crippen molar-refractivity contribution >= 4 is 5.69 Å². The third kappa shape index (κ3) is 2.61. The zero-order valence-corrected chi connectivity index (χ0v) is 9.90. The number of aryl methyl sites for hydroxylation is 1. The summed E-state index contributed by atoms with van der Waals surface area (Å²) >= 11 is 0. The molecule has 2 heterocycles. The van der Waals surface area contributed by atoms with E-state index in [1.807, 2.05) is 11.5 Å². The second-order valence-corrected chi connectivity index (χ2v) is 3.70. The maximum atomic E-state index is 13.3. The van der Waals surface area contributed by atoms with Gasteiger partial charge in [0.1, 0.15) is 17.8 Å². The van der Waals surface area contributed by atoms with Gasteiger partial charge in [-0.05, 0) is 0 Å². The predicted molar refractivity (Wildman–Crippen MR) is 62.0 cm³/mol. The molecule has 0 radical (unpaired) electrons. The van der Waals surface area contributed by atoms with Crippen molar-refractivity contribution in [2.75, 3.05) is 11.9 Å². The Hall–Kier alpha value is -2.05. The van der Waals surface area contributed by atoms with Gasteiger partial charge in [0.15, 0.2) is 11.6 Å². The van der Waals surface area contributed by atoms with E-state index >= 15 is 0 Å². The Morgan fingerprint density at radius 1 is 1.28 bits per heavy atom. The average Bonchev–Trinajstić information content (AvgIpc) is 2.80. The normalized spacial score (nSPS) is 10.6. The highest BCUT2D eigenvalue weighted by atomic mass is 19.1. The summed E-state index contributed by atoms with van der Waals surface area (Å²) in [5, 5.41) is 10.4. The van der Waals surface area contributed by atoms with Crippen LogP contribution in [0.2, 0.25) is 0 Å². The van der Waals surface area contributed by atoms with Crippen molar-refractivity contribution in [2.24, 2.45) is 0 Å². The van der Waals surface area contributed by atoms with E-state index in [1.165, 1.54) is 0 Å². The lowest BCUT2D eigenvalue weighted by Gasteiger charge is -2.09. The number of hydrogen-bond donors (Lipinski definition) is 1. The van der Waals surface area contributed by atoms with Gasteiger partial charge in [-0.2, -0.15) is 0 Å². The Labute approximate surface area is 103 Å². The van der Waals surface area contributed by atoms with E-state index in [0.717, 1.165) is 24.6 Å². The number of pyridine rings is 1. The van der Waals surface area contributed by atoms with E-state index in [-0.39, 0.29) is 5.69 Å². The Bertz CT molecular complexity index is 506. The summed E-state index contributed by atoms with van der Waals surface area (Å²) in [7, 11) is 0. The summed E-state index contributed by atoms with van der Waals surface area (Å²) in [6, 6.07) is 0. The fraction of sp³-hybridized carbons (Fsp3) is 0.364. The SMILES string of the molecule is CCc1nncn1CCNc1c(F)cncc1F. The van der Waals surface area contributed by atoms with Crippen molar-refractivity contribution in [3.05, 3.63) is 36.2 Å². The molecule has 2 aromatic heterocycles. The molecule has 0 bridgehead atoms. The summed E-state index contributed by atoms with van der Waals surface area (Å²) < 4.78 is 28.4. The first kappa shape index (κ1) is 12.4. The highest BCUT2D eigenvalue weighted by Gasteiger charge is 2.08. The monoisotopic (exact) mass is 253 g/mol. The molecule has 0 aliphatic heterocycles. The van der Waals surface area contributed by atoms with Gasteiger partial charge in [-0.1, -0.05) is 6.92 Å². The molecule has 2 rings (SSSR count). The maximum absolute atomic E-state index is 13.3. The average molecular weight is 253 g/mol. The Morgan fingerprint density at radius 2 is 2.00 bits per heavy atom. The molecule has 0 saturated heterocycles. The maximum Gasteiger partial charge on any atom is 0.167 e. The molecule has 7 heteroatoms. The van der Waals surface area contributed by atoms with Crippen LogP contribution in [0.25, 0.3) is 0 Å². The molecule has 0 amide bonds. The molecule has 1 N–H and O–H groups in total. The molecule has 0 aliphatic carbocycles. The lowest BCUT2D eigenvalue weighted by Crippen LogP contribution is -2.13. The molecule has 0 aliphatic rings. The second-order valence-electron chi connectivity index (χ2n) is 3.70. The van der Waals surface area contributed by atoms with Gasteiger partial charge in [-0.25, -0.2) is 8.78 Å². The van der Waals surface area contributed by atoms with Crippen molar-refractivity contribution in [1.29, 1.82) is 0 Å². The van der Waals surface area contributed by atoms with E-state index in [0.29, 0.717) is 13.1 Å². The molecule has 0 atom stereocenters. The van der Waals surface area contributed by atoms with E-state index in [1.54, 1.807) is 6.33 Å². The Morgan fingerprint density at radius 3 is 2.67 bits per heavy atom. The Balaban J connectivity index is 1.97. The smallest absolute Gasteiger partial charge is 0.167 e. The summed E-state index contributed by atoms with van der Waals surface area (Å²) in [4.78, 5) is 3.41. The minimum Gasteiger partial charge on any atom is -0.378 e. The van der Waals surface area contributed by atoms with Crippen molar-refractivity contribution in [1.82, 2.24) is 19.7 Å². The second kappa shape index (κ2) is 5.52. The molecule has 96 valence electrons. The third-order valence-corrected chi connectivity index (χ3v) is 2.52. The molecular weight excluding hydrogens is 240 g/mol. The fourth-order valence-electron chi connectivity index (χ4n) is 1.62. The molecule has 0 spiro atoms. The number of nitrogens with one attached hydrogen (secondary N) is 1. The minimum absolute atomic E-state index is 0.156. The first-order chi connectivity index (χ1) is 8.72. The van der Waals surface area contributed by atoms with Crippen molar-refractivity contribution < 1.29 is 8.78 Å². The molecule has 2 aromatic rings. The van der Waals surface area contributed by atoms with Crippen LogP contribution in [-0.2, 0) is 13.0 Å². The fourth-order valence-corrected chi connectivity index (χ4v) is 1.62. The molecule has 0 unspecified atom stereocenters. The molecule has 0 aromatic carbocycles. The molecule has 18 heavy (non-hydrogen) atoms. The van der Waals surface area contributed by atoms with Crippen molar-refractivity contribution in [3.8, 4) is 0 Å². The third-order valence-electron chi connectivity index (χ3n) is 2.52. The van der Waals surface area contributed by atoms with Crippen LogP contribution in [0.5, 0.6) is 0 Å². The summed E-state index contributed by atoms with van der Waals surface area (Å²) in [5.41, 5.74) is -0.156. The number of nitrogens with zero attached hydrogens (tertiary/aromatic N) is 4. The van der Waals surface area contributed by atoms with Crippen molar-refractivity contribution in [2.45, 2.75) is 19.9 Å². The van der Waals surface area contributed by atoms with E-state index < -0.39 is 11.6 Å². The van der Waals surface area contributed by atoms with Crippen LogP contribution in [0.4, 0.5) is 14.5 Å². The van der Waals surface area contributed by atoms with Crippen LogP contribution < -0.4 is 5.32 Å². The minimum atomic E-state index is -0.700. The van der Waals surface area contributed by atoms with Crippen LogP contribution >= 0.6 is 0 Å². The zero-order valence-electron chi connectivity index (χ0n) is 9.90. The van der Waals surface area contributed by atoms with Crippen LogP contribution in [0.15, 0.2) is 18.7 Å². The van der Waals surface area contributed by atoms with Gasteiger partial charge in [0.2, 0.25) is 0 Å². The number of anilines is 1. The van der Waals surface area contributed by atoms with Gasteiger partial charge in [-0.15, -0.1) is 10.2 Å². The van der Waals surface area contributed by atoms with Gasteiger partial charge < -0.3 is 9.88 Å². The van der Waals surface area contributed by atoms with E-state index in [2.05, 4.69) is 20.5 Å². The van der Waals surface area contributed by atoms with E-state index in [4.69, 9.17) is 0 Å². The topological polar surface area (TPSA) is 55.6 Å². The number of aromatic nitrogens is 4. The van der Waals surface area contributed by atoms with Crippen LogP contribution in [-0.4, -0.2) is 26.3 Å². The van der Waals surface area contributed by atoms with Gasteiger partial charge in [0.05, 0.1) is 12.4 Å². The van der Waals surface area contributed by atoms with Crippen LogP contribution in [0.1, 0.15) is 12.7 Å².